The first-order valence-corrected chi connectivity index (χ1v) is 8.98. The van der Waals surface area contributed by atoms with Crippen molar-refractivity contribution >= 4 is 46.0 Å². The number of carbonyl (C=O) groups is 1. The summed E-state index contributed by atoms with van der Waals surface area (Å²) in [6.45, 7) is 3.38. The van der Waals surface area contributed by atoms with Gasteiger partial charge in [0.15, 0.2) is 5.78 Å². The van der Waals surface area contributed by atoms with Gasteiger partial charge in [-0.3, -0.25) is 4.79 Å². The average Bonchev–Trinajstić information content (AvgIpc) is 3.10. The maximum Gasteiger partial charge on any atom is 0.197 e. The highest BCUT2D eigenvalue weighted by atomic mass is 35.5. The summed E-state index contributed by atoms with van der Waals surface area (Å²) >= 11 is 13.8. The minimum Gasteiger partial charge on any atom is -0.374 e. The van der Waals surface area contributed by atoms with Crippen LogP contribution < -0.4 is 4.90 Å². The van der Waals surface area contributed by atoms with Gasteiger partial charge in [-0.1, -0.05) is 35.3 Å². The van der Waals surface area contributed by atoms with Gasteiger partial charge in [-0.15, -0.1) is 11.3 Å². The van der Waals surface area contributed by atoms with Crippen molar-refractivity contribution in [3.8, 4) is 0 Å². The van der Waals surface area contributed by atoms with E-state index in [0.29, 0.717) is 10.0 Å². The van der Waals surface area contributed by atoms with E-state index in [1.54, 1.807) is 12.1 Å². The number of carbonyl (C=O) groups excluding carboxylic acids is 1. The van der Waals surface area contributed by atoms with Crippen LogP contribution in [-0.2, 0) is 0 Å². The lowest BCUT2D eigenvalue weighted by Crippen LogP contribution is -2.44. The largest absolute Gasteiger partial charge is 0.374 e. The molecular formula is C17H16Cl2N2OS. The van der Waals surface area contributed by atoms with Crippen molar-refractivity contribution in [2.45, 2.75) is 0 Å². The molecule has 0 amide bonds. The fourth-order valence-corrected chi connectivity index (χ4v) is 3.58. The number of nitrogens with zero attached hydrogens (tertiary/aromatic N) is 2. The van der Waals surface area contributed by atoms with Gasteiger partial charge in [0, 0.05) is 38.5 Å². The number of hydrogen-bond acceptors (Lipinski definition) is 4. The van der Waals surface area contributed by atoms with Crippen LogP contribution in [0.2, 0.25) is 10.0 Å². The van der Waals surface area contributed by atoms with Crippen molar-refractivity contribution in [3.63, 3.8) is 0 Å². The molecule has 0 radical (unpaired) electrons. The number of allylic oxidation sites excluding steroid dienone is 1. The Bertz CT molecular complexity index is 707. The zero-order valence-corrected chi connectivity index (χ0v) is 14.7. The third-order valence-corrected chi connectivity index (χ3v) is 5.48. The third kappa shape index (κ3) is 3.89. The molecule has 1 fully saturated rings. The van der Waals surface area contributed by atoms with E-state index >= 15 is 0 Å². The van der Waals surface area contributed by atoms with Gasteiger partial charge in [-0.05, 0) is 23.6 Å². The van der Waals surface area contributed by atoms with E-state index in [1.807, 2.05) is 35.8 Å². The normalized spacial score (nSPS) is 15.4. The number of anilines is 1. The van der Waals surface area contributed by atoms with E-state index < -0.39 is 0 Å². The molecule has 1 aliphatic rings. The number of benzene rings is 1. The summed E-state index contributed by atoms with van der Waals surface area (Å²) in [7, 11) is 0. The molecule has 0 atom stereocenters. The highest BCUT2D eigenvalue weighted by Crippen LogP contribution is 2.32. The second-order valence-electron chi connectivity index (χ2n) is 5.25. The summed E-state index contributed by atoms with van der Waals surface area (Å²) in [5, 5.41) is 3.09. The molecule has 0 unspecified atom stereocenters. The predicted molar refractivity (Wildman–Crippen MR) is 98.0 cm³/mol. The van der Waals surface area contributed by atoms with Crippen LogP contribution in [0.15, 0.2) is 48.0 Å². The molecule has 0 spiro atoms. The number of halogens is 2. The van der Waals surface area contributed by atoms with Gasteiger partial charge in [-0.25, -0.2) is 0 Å². The van der Waals surface area contributed by atoms with Crippen molar-refractivity contribution in [2.75, 3.05) is 31.1 Å². The summed E-state index contributed by atoms with van der Waals surface area (Å²) < 4.78 is 0. The molecule has 120 valence electrons. The zero-order valence-electron chi connectivity index (χ0n) is 12.4. The molecule has 23 heavy (non-hydrogen) atoms. The van der Waals surface area contributed by atoms with E-state index in [0.717, 1.165) is 36.7 Å². The van der Waals surface area contributed by atoms with Crippen molar-refractivity contribution in [1.82, 2.24) is 4.90 Å². The first kappa shape index (κ1) is 16.4. The maximum absolute atomic E-state index is 12.0. The summed E-state index contributed by atoms with van der Waals surface area (Å²) in [5.41, 5.74) is 0.970. The Labute approximate surface area is 149 Å². The fraction of sp³-hybridized carbons (Fsp3) is 0.235. The van der Waals surface area contributed by atoms with Gasteiger partial charge in [0.2, 0.25) is 0 Å². The summed E-state index contributed by atoms with van der Waals surface area (Å²) in [6.07, 6.45) is 3.53. The lowest BCUT2D eigenvalue weighted by Gasteiger charge is -2.36. The molecule has 0 aliphatic carbocycles. The van der Waals surface area contributed by atoms with E-state index in [-0.39, 0.29) is 5.78 Å². The first-order valence-electron chi connectivity index (χ1n) is 7.34. The summed E-state index contributed by atoms with van der Waals surface area (Å²) in [5.74, 6) is 0.0558. The zero-order chi connectivity index (χ0) is 16.2. The van der Waals surface area contributed by atoms with Crippen molar-refractivity contribution in [3.05, 3.63) is 62.9 Å². The summed E-state index contributed by atoms with van der Waals surface area (Å²) in [4.78, 5) is 17.1. The van der Waals surface area contributed by atoms with E-state index in [9.17, 15) is 4.79 Å². The topological polar surface area (TPSA) is 23.6 Å². The molecule has 1 aliphatic heterocycles. The van der Waals surface area contributed by atoms with Gasteiger partial charge in [0.05, 0.1) is 20.6 Å². The summed E-state index contributed by atoms with van der Waals surface area (Å²) in [6, 6.07) is 9.42. The molecular weight excluding hydrogens is 351 g/mol. The number of rotatable bonds is 4. The Morgan fingerprint density at radius 2 is 1.87 bits per heavy atom. The number of hydrogen-bond donors (Lipinski definition) is 0. The monoisotopic (exact) mass is 366 g/mol. The SMILES string of the molecule is O=C(/C=C/N1CCN(c2cccc(Cl)c2Cl)CC1)c1cccs1. The molecule has 2 heterocycles. The Hall–Kier alpha value is -1.49. The molecule has 3 nitrogen and oxygen atoms in total. The molecule has 3 rings (SSSR count). The molecule has 0 saturated carbocycles. The highest BCUT2D eigenvalue weighted by Gasteiger charge is 2.18. The van der Waals surface area contributed by atoms with Crippen LogP contribution >= 0.6 is 34.5 Å². The van der Waals surface area contributed by atoms with E-state index in [4.69, 9.17) is 23.2 Å². The van der Waals surface area contributed by atoms with Gasteiger partial charge in [0.25, 0.3) is 0 Å². The minimum atomic E-state index is 0.0558. The number of piperazine rings is 1. The van der Waals surface area contributed by atoms with Crippen LogP contribution in [0.3, 0.4) is 0 Å². The smallest absolute Gasteiger partial charge is 0.197 e. The average molecular weight is 367 g/mol. The molecule has 0 N–H and O–H groups in total. The van der Waals surface area contributed by atoms with Crippen molar-refractivity contribution in [2.24, 2.45) is 0 Å². The van der Waals surface area contributed by atoms with Gasteiger partial charge in [-0.2, -0.15) is 0 Å². The molecule has 2 aromatic rings. The molecule has 1 aromatic heterocycles. The maximum atomic E-state index is 12.0. The van der Waals surface area contributed by atoms with Gasteiger partial charge < -0.3 is 9.80 Å². The van der Waals surface area contributed by atoms with Crippen LogP contribution in [-0.4, -0.2) is 36.9 Å². The Balaban J connectivity index is 1.58. The standard InChI is InChI=1S/C17H16Cl2N2OS/c18-13-3-1-4-14(17(13)19)21-10-8-20(9-11-21)7-6-15(22)16-5-2-12-23-16/h1-7,12H,8-11H2/b7-6+. The van der Waals surface area contributed by atoms with Gasteiger partial charge >= 0.3 is 0 Å². The second-order valence-corrected chi connectivity index (χ2v) is 6.99. The lowest BCUT2D eigenvalue weighted by atomic mass is 10.2. The molecule has 0 bridgehead atoms. The van der Waals surface area contributed by atoms with Gasteiger partial charge in [0.1, 0.15) is 0 Å². The predicted octanol–water partition coefficient (Wildman–Crippen LogP) is 4.57. The van der Waals surface area contributed by atoms with Crippen molar-refractivity contribution in [1.29, 1.82) is 0 Å². The third-order valence-electron chi connectivity index (χ3n) is 3.79. The Morgan fingerprint density at radius 3 is 2.57 bits per heavy atom. The molecule has 1 aromatic carbocycles. The Morgan fingerprint density at radius 1 is 1.09 bits per heavy atom. The van der Waals surface area contributed by atoms with Crippen LogP contribution in [0.4, 0.5) is 5.69 Å². The highest BCUT2D eigenvalue weighted by molar-refractivity contribution is 7.12. The van der Waals surface area contributed by atoms with Crippen molar-refractivity contribution < 1.29 is 4.79 Å². The Kier molecular flexibility index (Phi) is 5.26. The fourth-order valence-electron chi connectivity index (χ4n) is 2.52. The van der Waals surface area contributed by atoms with Crippen LogP contribution in [0.5, 0.6) is 0 Å². The lowest BCUT2D eigenvalue weighted by molar-refractivity contribution is 0.104. The minimum absolute atomic E-state index is 0.0558. The molecule has 1 saturated heterocycles. The van der Waals surface area contributed by atoms with E-state index in [2.05, 4.69) is 9.80 Å². The van der Waals surface area contributed by atoms with Crippen LogP contribution in [0.25, 0.3) is 0 Å². The molecule has 6 heteroatoms. The number of thiophene rings is 1. The van der Waals surface area contributed by atoms with E-state index in [1.165, 1.54) is 11.3 Å². The van der Waals surface area contributed by atoms with Crippen LogP contribution in [0.1, 0.15) is 9.67 Å². The van der Waals surface area contributed by atoms with Crippen LogP contribution in [0, 0.1) is 0 Å². The quantitative estimate of drug-likeness (QED) is 0.584. The number of ketones is 1. The second kappa shape index (κ2) is 7.39. The first-order chi connectivity index (χ1) is 11.1.